The van der Waals surface area contributed by atoms with Crippen LogP contribution in [0.15, 0.2) is 18.2 Å². The van der Waals surface area contributed by atoms with E-state index >= 15 is 0 Å². The third-order valence-corrected chi connectivity index (χ3v) is 3.39. The largest absolute Gasteiger partial charge is 0.381 e. The lowest BCUT2D eigenvalue weighted by Crippen LogP contribution is -2.46. The van der Waals surface area contributed by atoms with Gasteiger partial charge in [-0.1, -0.05) is 0 Å². The smallest absolute Gasteiger partial charge is 0.271 e. The lowest BCUT2D eigenvalue weighted by Gasteiger charge is -2.31. The third kappa shape index (κ3) is 2.98. The van der Waals surface area contributed by atoms with Crippen LogP contribution >= 0.6 is 0 Å². The van der Waals surface area contributed by atoms with E-state index in [9.17, 15) is 10.1 Å². The molecule has 5 heteroatoms. The number of anilines is 1. The number of benzene rings is 1. The van der Waals surface area contributed by atoms with Gasteiger partial charge in [0, 0.05) is 29.9 Å². The standard InChI is InChI=1S/C13H19N3O2/c1-9-6-11(8-12(7-9)16(17)18)15-13-4-3-5-14-10(13)2/h6-8,10,13-15H,3-5H2,1-2H3. The van der Waals surface area contributed by atoms with Gasteiger partial charge in [-0.25, -0.2) is 0 Å². The minimum Gasteiger partial charge on any atom is -0.381 e. The van der Waals surface area contributed by atoms with E-state index in [1.54, 1.807) is 12.1 Å². The van der Waals surface area contributed by atoms with Crippen LogP contribution < -0.4 is 10.6 Å². The Hall–Kier alpha value is -1.62. The molecule has 1 aliphatic heterocycles. The van der Waals surface area contributed by atoms with Gasteiger partial charge in [0.1, 0.15) is 0 Å². The van der Waals surface area contributed by atoms with Gasteiger partial charge in [-0.3, -0.25) is 10.1 Å². The SMILES string of the molecule is Cc1cc(NC2CCCNC2C)cc([N+](=O)[O-])c1. The molecule has 2 unspecified atom stereocenters. The van der Waals surface area contributed by atoms with E-state index in [1.165, 1.54) is 0 Å². The van der Waals surface area contributed by atoms with Crippen LogP contribution in [0.2, 0.25) is 0 Å². The van der Waals surface area contributed by atoms with Gasteiger partial charge in [-0.05, 0) is 44.9 Å². The van der Waals surface area contributed by atoms with E-state index in [0.29, 0.717) is 12.1 Å². The number of non-ortho nitro benzene ring substituents is 1. The number of piperidine rings is 1. The van der Waals surface area contributed by atoms with Crippen molar-refractivity contribution in [2.75, 3.05) is 11.9 Å². The van der Waals surface area contributed by atoms with Crippen LogP contribution in [0.3, 0.4) is 0 Å². The monoisotopic (exact) mass is 249 g/mol. The van der Waals surface area contributed by atoms with Crippen molar-refractivity contribution in [2.45, 2.75) is 38.8 Å². The summed E-state index contributed by atoms with van der Waals surface area (Å²) < 4.78 is 0. The van der Waals surface area contributed by atoms with Crippen LogP contribution in [0.25, 0.3) is 0 Å². The molecule has 2 atom stereocenters. The molecule has 98 valence electrons. The molecule has 0 aromatic heterocycles. The predicted octanol–water partition coefficient (Wildman–Crippen LogP) is 2.46. The van der Waals surface area contributed by atoms with Crippen LogP contribution in [0.5, 0.6) is 0 Å². The molecule has 0 bridgehead atoms. The number of aryl methyl sites for hydroxylation is 1. The number of nitrogens with one attached hydrogen (secondary N) is 2. The van der Waals surface area contributed by atoms with E-state index in [1.807, 2.05) is 13.0 Å². The van der Waals surface area contributed by atoms with Crippen LogP contribution in [0.1, 0.15) is 25.3 Å². The molecule has 18 heavy (non-hydrogen) atoms. The van der Waals surface area contributed by atoms with Gasteiger partial charge in [-0.15, -0.1) is 0 Å². The van der Waals surface area contributed by atoms with Crippen LogP contribution in [0, 0.1) is 17.0 Å². The Labute approximate surface area is 107 Å². The highest BCUT2D eigenvalue weighted by atomic mass is 16.6. The van der Waals surface area contributed by atoms with Crippen molar-refractivity contribution in [3.8, 4) is 0 Å². The highest BCUT2D eigenvalue weighted by Crippen LogP contribution is 2.23. The Morgan fingerprint density at radius 3 is 2.89 bits per heavy atom. The quantitative estimate of drug-likeness (QED) is 0.638. The predicted molar refractivity (Wildman–Crippen MR) is 71.9 cm³/mol. The molecule has 1 heterocycles. The zero-order chi connectivity index (χ0) is 13.1. The average Bonchev–Trinajstić information content (AvgIpc) is 2.31. The first-order valence-corrected chi connectivity index (χ1v) is 6.32. The van der Waals surface area contributed by atoms with Crippen molar-refractivity contribution in [2.24, 2.45) is 0 Å². The Balaban J connectivity index is 2.15. The molecular formula is C13H19N3O2. The second-order valence-corrected chi connectivity index (χ2v) is 4.95. The number of rotatable bonds is 3. The number of nitro benzene ring substituents is 1. The second kappa shape index (κ2) is 5.35. The van der Waals surface area contributed by atoms with Gasteiger partial charge in [-0.2, -0.15) is 0 Å². The van der Waals surface area contributed by atoms with Gasteiger partial charge in [0.2, 0.25) is 0 Å². The van der Waals surface area contributed by atoms with Crippen molar-refractivity contribution >= 4 is 11.4 Å². The van der Waals surface area contributed by atoms with Crippen molar-refractivity contribution in [3.05, 3.63) is 33.9 Å². The van der Waals surface area contributed by atoms with Gasteiger partial charge in [0.05, 0.1) is 4.92 Å². The fraction of sp³-hybridized carbons (Fsp3) is 0.538. The molecule has 1 saturated heterocycles. The molecule has 0 saturated carbocycles. The van der Waals surface area contributed by atoms with E-state index in [4.69, 9.17) is 0 Å². The summed E-state index contributed by atoms with van der Waals surface area (Å²) in [6.07, 6.45) is 2.23. The fourth-order valence-electron chi connectivity index (χ4n) is 2.41. The van der Waals surface area contributed by atoms with Gasteiger partial charge in [0.25, 0.3) is 5.69 Å². The Morgan fingerprint density at radius 1 is 1.44 bits per heavy atom. The Kier molecular flexibility index (Phi) is 3.81. The molecule has 1 fully saturated rings. The third-order valence-electron chi connectivity index (χ3n) is 3.39. The summed E-state index contributed by atoms with van der Waals surface area (Å²) >= 11 is 0. The molecule has 1 aromatic carbocycles. The van der Waals surface area contributed by atoms with Crippen LogP contribution in [-0.4, -0.2) is 23.6 Å². The first-order valence-electron chi connectivity index (χ1n) is 6.32. The van der Waals surface area contributed by atoms with Crippen molar-refractivity contribution in [1.82, 2.24) is 5.32 Å². The number of hydrogen-bond donors (Lipinski definition) is 2. The lowest BCUT2D eigenvalue weighted by molar-refractivity contribution is -0.384. The average molecular weight is 249 g/mol. The normalized spacial score (nSPS) is 23.7. The Morgan fingerprint density at radius 2 is 2.22 bits per heavy atom. The second-order valence-electron chi connectivity index (χ2n) is 4.95. The maximum atomic E-state index is 10.8. The zero-order valence-electron chi connectivity index (χ0n) is 10.8. The lowest BCUT2D eigenvalue weighted by atomic mass is 9.99. The molecule has 2 N–H and O–H groups in total. The van der Waals surface area contributed by atoms with Gasteiger partial charge < -0.3 is 10.6 Å². The highest BCUT2D eigenvalue weighted by molar-refractivity contribution is 5.54. The van der Waals surface area contributed by atoms with Crippen molar-refractivity contribution < 1.29 is 4.92 Å². The molecule has 0 spiro atoms. The van der Waals surface area contributed by atoms with Crippen molar-refractivity contribution in [3.63, 3.8) is 0 Å². The van der Waals surface area contributed by atoms with Crippen molar-refractivity contribution in [1.29, 1.82) is 0 Å². The van der Waals surface area contributed by atoms with Gasteiger partial charge in [0.15, 0.2) is 0 Å². The topological polar surface area (TPSA) is 67.2 Å². The zero-order valence-corrected chi connectivity index (χ0v) is 10.8. The molecule has 1 aromatic rings. The maximum absolute atomic E-state index is 10.8. The van der Waals surface area contributed by atoms with Crippen LogP contribution in [0.4, 0.5) is 11.4 Å². The van der Waals surface area contributed by atoms with Crippen LogP contribution in [-0.2, 0) is 0 Å². The summed E-state index contributed by atoms with van der Waals surface area (Å²) in [4.78, 5) is 10.5. The number of nitrogens with zero attached hydrogens (tertiary/aromatic N) is 1. The molecule has 0 aliphatic carbocycles. The summed E-state index contributed by atoms with van der Waals surface area (Å²) in [6.45, 7) is 5.06. The van der Waals surface area contributed by atoms with Gasteiger partial charge >= 0.3 is 0 Å². The minimum atomic E-state index is -0.346. The summed E-state index contributed by atoms with van der Waals surface area (Å²) in [5.41, 5.74) is 1.89. The fourth-order valence-corrected chi connectivity index (χ4v) is 2.41. The summed E-state index contributed by atoms with van der Waals surface area (Å²) in [5, 5.41) is 17.6. The van der Waals surface area contributed by atoms with E-state index in [-0.39, 0.29) is 10.6 Å². The maximum Gasteiger partial charge on any atom is 0.271 e. The first kappa shape index (κ1) is 12.8. The van der Waals surface area contributed by atoms with E-state index in [0.717, 1.165) is 30.6 Å². The molecule has 0 radical (unpaired) electrons. The number of hydrogen-bond acceptors (Lipinski definition) is 4. The highest BCUT2D eigenvalue weighted by Gasteiger charge is 2.21. The molecule has 5 nitrogen and oxygen atoms in total. The first-order chi connectivity index (χ1) is 8.56. The summed E-state index contributed by atoms with van der Waals surface area (Å²) in [5.74, 6) is 0. The molecule has 1 aliphatic rings. The summed E-state index contributed by atoms with van der Waals surface area (Å²) in [7, 11) is 0. The minimum absolute atomic E-state index is 0.147. The van der Waals surface area contributed by atoms with E-state index in [2.05, 4.69) is 17.6 Å². The molecule has 0 amide bonds. The number of nitro groups is 1. The molecular weight excluding hydrogens is 230 g/mol. The van der Waals surface area contributed by atoms with E-state index < -0.39 is 0 Å². The Bertz CT molecular complexity index is 448. The molecule has 2 rings (SSSR count). The summed E-state index contributed by atoms with van der Waals surface area (Å²) in [6, 6.07) is 5.87.